The van der Waals surface area contributed by atoms with Crippen LogP contribution in [-0.2, 0) is 5.54 Å². The van der Waals surface area contributed by atoms with E-state index in [1.807, 2.05) is 25.4 Å². The van der Waals surface area contributed by atoms with Crippen LogP contribution in [0.3, 0.4) is 0 Å². The van der Waals surface area contributed by atoms with Gasteiger partial charge in [-0.2, -0.15) is 0 Å². The van der Waals surface area contributed by atoms with E-state index in [1.54, 1.807) is 6.07 Å². The van der Waals surface area contributed by atoms with E-state index in [9.17, 15) is 8.78 Å². The highest BCUT2D eigenvalue weighted by Crippen LogP contribution is 2.45. The van der Waals surface area contributed by atoms with E-state index in [1.165, 1.54) is 6.07 Å². The van der Waals surface area contributed by atoms with Gasteiger partial charge in [0.2, 0.25) is 0 Å². The molecule has 0 bridgehead atoms. The SMILES string of the molecule is CC(C)c1ncc2n1-c1ncccc1NC21CCN(C(C)c2ccc(F)cc2F)CC1. The maximum atomic E-state index is 14.3. The Bertz CT molecular complexity index is 1110. The molecule has 0 radical (unpaired) electrons. The normalized spacial score (nSPS) is 18.5. The van der Waals surface area contributed by atoms with Crippen LogP contribution in [0.15, 0.2) is 42.7 Å². The number of rotatable bonds is 3. The lowest BCUT2D eigenvalue weighted by atomic mass is 9.82. The van der Waals surface area contributed by atoms with Crippen molar-refractivity contribution in [2.75, 3.05) is 18.4 Å². The van der Waals surface area contributed by atoms with Crippen LogP contribution in [0.1, 0.15) is 62.7 Å². The molecule has 0 amide bonds. The Morgan fingerprint density at radius 2 is 1.84 bits per heavy atom. The highest BCUT2D eigenvalue weighted by Gasteiger charge is 2.44. The Balaban J connectivity index is 1.45. The lowest BCUT2D eigenvalue weighted by Gasteiger charge is -2.47. The molecule has 2 aliphatic rings. The van der Waals surface area contributed by atoms with Crippen LogP contribution in [0.25, 0.3) is 5.82 Å². The molecule has 7 heteroatoms. The molecule has 0 aliphatic carbocycles. The van der Waals surface area contributed by atoms with Crippen LogP contribution in [-0.4, -0.2) is 32.5 Å². The van der Waals surface area contributed by atoms with Crippen LogP contribution in [0.4, 0.5) is 14.5 Å². The maximum Gasteiger partial charge on any atom is 0.161 e. The monoisotopic (exact) mass is 423 g/mol. The Morgan fingerprint density at radius 1 is 1.06 bits per heavy atom. The van der Waals surface area contributed by atoms with Gasteiger partial charge in [0.15, 0.2) is 5.82 Å². The second kappa shape index (κ2) is 7.41. The zero-order valence-electron chi connectivity index (χ0n) is 18.1. The van der Waals surface area contributed by atoms with Crippen LogP contribution in [0.2, 0.25) is 0 Å². The molecule has 2 aliphatic heterocycles. The van der Waals surface area contributed by atoms with Gasteiger partial charge in [0.1, 0.15) is 17.5 Å². The summed E-state index contributed by atoms with van der Waals surface area (Å²) in [6.45, 7) is 7.87. The fourth-order valence-corrected chi connectivity index (χ4v) is 5.04. The molecular formula is C24H27F2N5. The van der Waals surface area contributed by atoms with Gasteiger partial charge in [-0.05, 0) is 38.0 Å². The van der Waals surface area contributed by atoms with Crippen molar-refractivity contribution < 1.29 is 8.78 Å². The van der Waals surface area contributed by atoms with Gasteiger partial charge in [0.25, 0.3) is 0 Å². The van der Waals surface area contributed by atoms with Gasteiger partial charge < -0.3 is 5.32 Å². The minimum Gasteiger partial charge on any atom is -0.371 e. The number of hydrogen-bond donors (Lipinski definition) is 1. The Hall–Kier alpha value is -2.80. The first-order valence-corrected chi connectivity index (χ1v) is 10.9. The molecule has 1 spiro atoms. The lowest BCUT2D eigenvalue weighted by molar-refractivity contribution is 0.127. The number of benzene rings is 1. The summed E-state index contributed by atoms with van der Waals surface area (Å²) in [6, 6.07) is 7.76. The van der Waals surface area contributed by atoms with Gasteiger partial charge in [-0.3, -0.25) is 9.47 Å². The van der Waals surface area contributed by atoms with Crippen molar-refractivity contribution in [2.24, 2.45) is 0 Å². The minimum absolute atomic E-state index is 0.119. The first-order valence-electron chi connectivity index (χ1n) is 10.9. The van der Waals surface area contributed by atoms with E-state index >= 15 is 0 Å². The predicted molar refractivity (Wildman–Crippen MR) is 116 cm³/mol. The molecule has 5 rings (SSSR count). The number of halogens is 2. The van der Waals surface area contributed by atoms with Gasteiger partial charge in [-0.1, -0.05) is 19.9 Å². The minimum atomic E-state index is -0.543. The molecule has 5 nitrogen and oxygen atoms in total. The van der Waals surface area contributed by atoms with E-state index < -0.39 is 11.6 Å². The van der Waals surface area contributed by atoms with Gasteiger partial charge in [0, 0.05) is 42.9 Å². The third kappa shape index (κ3) is 3.22. The van der Waals surface area contributed by atoms with E-state index in [2.05, 4.69) is 39.7 Å². The second-order valence-electron chi connectivity index (χ2n) is 8.95. The summed E-state index contributed by atoms with van der Waals surface area (Å²) in [5.41, 5.74) is 2.45. The number of likely N-dealkylation sites (tertiary alicyclic amines) is 1. The van der Waals surface area contributed by atoms with E-state index in [0.29, 0.717) is 5.56 Å². The van der Waals surface area contributed by atoms with E-state index in [4.69, 9.17) is 4.98 Å². The number of aromatic nitrogens is 3. The van der Waals surface area contributed by atoms with Crippen molar-refractivity contribution in [3.8, 4) is 5.82 Å². The van der Waals surface area contributed by atoms with E-state index in [-0.39, 0.29) is 17.5 Å². The van der Waals surface area contributed by atoms with Gasteiger partial charge in [-0.15, -0.1) is 0 Å². The smallest absolute Gasteiger partial charge is 0.161 e. The molecule has 31 heavy (non-hydrogen) atoms. The molecule has 3 aromatic rings. The number of piperidine rings is 1. The Labute approximate surface area is 181 Å². The lowest BCUT2D eigenvalue weighted by Crippen LogP contribution is -2.50. The predicted octanol–water partition coefficient (Wildman–Crippen LogP) is 5.15. The molecule has 1 saturated heterocycles. The molecule has 1 unspecified atom stereocenters. The first-order chi connectivity index (χ1) is 14.9. The number of fused-ring (bicyclic) bond motifs is 4. The molecule has 1 fully saturated rings. The zero-order chi connectivity index (χ0) is 21.8. The topological polar surface area (TPSA) is 46.0 Å². The van der Waals surface area contributed by atoms with E-state index in [0.717, 1.165) is 55.0 Å². The van der Waals surface area contributed by atoms with Gasteiger partial charge in [-0.25, -0.2) is 18.7 Å². The number of pyridine rings is 1. The van der Waals surface area contributed by atoms with Crippen molar-refractivity contribution in [1.29, 1.82) is 0 Å². The number of anilines is 1. The third-order valence-electron chi connectivity index (χ3n) is 6.78. The molecule has 1 atom stereocenters. The van der Waals surface area contributed by atoms with Gasteiger partial charge >= 0.3 is 0 Å². The average molecular weight is 424 g/mol. The highest BCUT2D eigenvalue weighted by atomic mass is 19.1. The number of imidazole rings is 1. The summed E-state index contributed by atoms with van der Waals surface area (Å²) in [4.78, 5) is 11.7. The van der Waals surface area contributed by atoms with Crippen LogP contribution >= 0.6 is 0 Å². The average Bonchev–Trinajstić information content (AvgIpc) is 3.21. The molecule has 162 valence electrons. The summed E-state index contributed by atoms with van der Waals surface area (Å²) in [7, 11) is 0. The van der Waals surface area contributed by atoms with Crippen molar-refractivity contribution in [3.63, 3.8) is 0 Å². The Morgan fingerprint density at radius 3 is 2.55 bits per heavy atom. The zero-order valence-corrected chi connectivity index (χ0v) is 18.1. The molecule has 4 heterocycles. The number of nitrogens with zero attached hydrogens (tertiary/aromatic N) is 4. The largest absolute Gasteiger partial charge is 0.371 e. The fraction of sp³-hybridized carbons (Fsp3) is 0.417. The molecule has 0 saturated carbocycles. The summed E-state index contributed by atoms with van der Waals surface area (Å²) in [5, 5.41) is 3.77. The fourth-order valence-electron chi connectivity index (χ4n) is 5.04. The highest BCUT2D eigenvalue weighted by molar-refractivity contribution is 5.63. The molecular weight excluding hydrogens is 396 g/mol. The molecule has 2 aromatic heterocycles. The molecule has 1 N–H and O–H groups in total. The summed E-state index contributed by atoms with van der Waals surface area (Å²) in [5.74, 6) is 1.16. The van der Waals surface area contributed by atoms with Crippen LogP contribution < -0.4 is 5.32 Å². The molecule has 1 aromatic carbocycles. The summed E-state index contributed by atoms with van der Waals surface area (Å²) >= 11 is 0. The third-order valence-corrected chi connectivity index (χ3v) is 6.78. The van der Waals surface area contributed by atoms with Crippen molar-refractivity contribution in [2.45, 2.75) is 51.1 Å². The van der Waals surface area contributed by atoms with Gasteiger partial charge in [0.05, 0.1) is 23.1 Å². The van der Waals surface area contributed by atoms with Crippen molar-refractivity contribution in [1.82, 2.24) is 19.4 Å². The summed E-state index contributed by atoms with van der Waals surface area (Å²) in [6.07, 6.45) is 5.52. The first kappa shape index (κ1) is 20.1. The summed E-state index contributed by atoms with van der Waals surface area (Å²) < 4.78 is 29.9. The van der Waals surface area contributed by atoms with Crippen LogP contribution in [0.5, 0.6) is 0 Å². The second-order valence-corrected chi connectivity index (χ2v) is 8.95. The van der Waals surface area contributed by atoms with Crippen molar-refractivity contribution >= 4 is 5.69 Å². The van der Waals surface area contributed by atoms with Crippen LogP contribution in [0, 0.1) is 11.6 Å². The number of hydrogen-bond acceptors (Lipinski definition) is 4. The van der Waals surface area contributed by atoms with Crippen molar-refractivity contribution in [3.05, 3.63) is 71.4 Å². The number of nitrogens with one attached hydrogen (secondary N) is 1. The Kier molecular flexibility index (Phi) is 4.81. The quantitative estimate of drug-likeness (QED) is 0.633. The maximum absolute atomic E-state index is 14.3. The standard InChI is InChI=1S/C24H27F2N5/c1-15(2)22-28-14-21-24(29-20-5-4-10-27-23(20)31(21)22)8-11-30(12-9-24)16(3)18-7-6-17(25)13-19(18)26/h4-7,10,13-16,29H,8-9,11-12H2,1-3H3.